The Hall–Kier alpha value is -1.31. The summed E-state index contributed by atoms with van der Waals surface area (Å²) in [5.74, 6) is 0.998. The van der Waals surface area contributed by atoms with Crippen molar-refractivity contribution in [2.75, 3.05) is 5.32 Å². The zero-order chi connectivity index (χ0) is 23.8. The summed E-state index contributed by atoms with van der Waals surface area (Å²) in [6.45, 7) is 12.3. The highest BCUT2D eigenvalue weighted by molar-refractivity contribution is 5.88. The molecule has 1 amide bonds. The van der Waals surface area contributed by atoms with Crippen molar-refractivity contribution in [3.63, 3.8) is 0 Å². The van der Waals surface area contributed by atoms with Crippen molar-refractivity contribution < 1.29 is 4.79 Å². The second kappa shape index (κ2) is 6.15. The molecule has 2 heteroatoms. The van der Waals surface area contributed by atoms with Gasteiger partial charge in [-0.25, -0.2) is 0 Å². The van der Waals surface area contributed by atoms with E-state index in [9.17, 15) is 4.79 Å². The van der Waals surface area contributed by atoms with Crippen LogP contribution in [0.5, 0.6) is 0 Å². The number of nitrogens with one attached hydrogen (secondary N) is 1. The van der Waals surface area contributed by atoms with E-state index < -0.39 is 0 Å². The highest BCUT2D eigenvalue weighted by Crippen LogP contribution is 2.83. The predicted octanol–water partition coefficient (Wildman–Crippen LogP) is 8.26. The topological polar surface area (TPSA) is 29.1 Å². The van der Waals surface area contributed by atoms with Crippen LogP contribution in [0.25, 0.3) is 0 Å². The van der Waals surface area contributed by atoms with Crippen LogP contribution in [0.15, 0.2) is 24.3 Å². The van der Waals surface area contributed by atoms with Crippen molar-refractivity contribution >= 4 is 11.6 Å². The van der Waals surface area contributed by atoms with Gasteiger partial charge >= 0.3 is 0 Å². The van der Waals surface area contributed by atoms with Gasteiger partial charge in [0.2, 0.25) is 5.91 Å². The maximum Gasteiger partial charge on any atom is 0.221 e. The number of carbonyl (C=O) groups excluding carboxylic acids is 1. The lowest BCUT2D eigenvalue weighted by molar-refractivity contribution is -0.270. The Kier molecular flexibility index (Phi) is 3.96. The van der Waals surface area contributed by atoms with Gasteiger partial charge in [0.1, 0.15) is 0 Å². The van der Waals surface area contributed by atoms with Gasteiger partial charge in [0.05, 0.1) is 0 Å². The standard InChI is InChI=1S/C32H45NO/c1-22(34)33-25-8-6-24(7-9-25)30-15-28(4)14-29(5,16-30)20-32(19-28,21-30)31-12-23-10-26(2,17-31)13-27(3,11-23)18-31/h6-9,23H,10-21H2,1-5H3,(H,33,34). The van der Waals surface area contributed by atoms with Crippen molar-refractivity contribution in [1.82, 2.24) is 0 Å². The molecule has 4 unspecified atom stereocenters. The van der Waals surface area contributed by atoms with Crippen LogP contribution in [0.3, 0.4) is 0 Å². The average molecular weight is 460 g/mol. The van der Waals surface area contributed by atoms with Crippen LogP contribution in [0, 0.1) is 38.4 Å². The molecule has 184 valence electrons. The smallest absolute Gasteiger partial charge is 0.221 e. The molecule has 4 atom stereocenters. The number of anilines is 1. The molecule has 1 aromatic carbocycles. The molecule has 0 aliphatic heterocycles. The minimum Gasteiger partial charge on any atom is -0.326 e. The van der Waals surface area contributed by atoms with Crippen LogP contribution in [-0.2, 0) is 10.2 Å². The first kappa shape index (κ1) is 21.9. The van der Waals surface area contributed by atoms with Gasteiger partial charge in [0.15, 0.2) is 0 Å². The van der Waals surface area contributed by atoms with Crippen molar-refractivity contribution in [3.05, 3.63) is 29.8 Å². The molecule has 0 saturated heterocycles. The number of carbonyl (C=O) groups is 1. The summed E-state index contributed by atoms with van der Waals surface area (Å²) in [7, 11) is 0. The highest BCUT2D eigenvalue weighted by atomic mass is 16.1. The summed E-state index contributed by atoms with van der Waals surface area (Å²) in [5.41, 5.74) is 6.04. The lowest BCUT2D eigenvalue weighted by Gasteiger charge is -2.78. The van der Waals surface area contributed by atoms with Crippen LogP contribution >= 0.6 is 0 Å². The van der Waals surface area contributed by atoms with Gasteiger partial charge in [-0.05, 0) is 139 Å². The molecule has 0 aromatic heterocycles. The zero-order valence-electron chi connectivity index (χ0n) is 22.3. The van der Waals surface area contributed by atoms with Crippen LogP contribution < -0.4 is 5.32 Å². The van der Waals surface area contributed by atoms with Gasteiger partial charge in [-0.15, -0.1) is 0 Å². The van der Waals surface area contributed by atoms with Gasteiger partial charge < -0.3 is 5.32 Å². The SMILES string of the molecule is CC(=O)Nc1ccc(C23CC4(C)CC(C)(C2)CC(C25CC6CC(C)(CC(C)(C6)C2)C5)(C4)C3)cc1. The van der Waals surface area contributed by atoms with Crippen molar-refractivity contribution in [1.29, 1.82) is 0 Å². The van der Waals surface area contributed by atoms with E-state index in [1.54, 1.807) is 12.5 Å². The molecule has 1 N–H and O–H groups in total. The van der Waals surface area contributed by atoms with Crippen molar-refractivity contribution in [3.8, 4) is 0 Å². The normalized spacial score (nSPS) is 54.4. The van der Waals surface area contributed by atoms with E-state index in [2.05, 4.69) is 57.3 Å². The lowest BCUT2D eigenvalue weighted by Crippen LogP contribution is -2.69. The van der Waals surface area contributed by atoms with E-state index >= 15 is 0 Å². The summed E-state index contributed by atoms with van der Waals surface area (Å²) in [5, 5.41) is 2.99. The monoisotopic (exact) mass is 459 g/mol. The maximum absolute atomic E-state index is 11.6. The molecular weight excluding hydrogens is 414 g/mol. The zero-order valence-corrected chi connectivity index (χ0v) is 22.3. The third-order valence-corrected chi connectivity index (χ3v) is 12.2. The Morgan fingerprint density at radius 1 is 0.676 bits per heavy atom. The van der Waals surface area contributed by atoms with E-state index in [0.717, 1.165) is 11.6 Å². The summed E-state index contributed by atoms with van der Waals surface area (Å²) in [4.78, 5) is 11.6. The fourth-order valence-electron chi connectivity index (χ4n) is 13.7. The molecule has 9 rings (SSSR count). The molecule has 8 fully saturated rings. The van der Waals surface area contributed by atoms with E-state index in [0.29, 0.717) is 37.9 Å². The Morgan fingerprint density at radius 3 is 1.74 bits per heavy atom. The second-order valence-electron chi connectivity index (χ2n) is 16.4. The van der Waals surface area contributed by atoms with Gasteiger partial charge in [-0.1, -0.05) is 39.8 Å². The van der Waals surface area contributed by atoms with Gasteiger partial charge in [0, 0.05) is 12.6 Å². The van der Waals surface area contributed by atoms with Crippen LogP contribution in [0.2, 0.25) is 0 Å². The van der Waals surface area contributed by atoms with E-state index in [1.165, 1.54) is 77.0 Å². The Bertz CT molecular complexity index is 1030. The van der Waals surface area contributed by atoms with E-state index in [1.807, 2.05) is 0 Å². The number of rotatable bonds is 3. The number of benzene rings is 1. The highest BCUT2D eigenvalue weighted by Gasteiger charge is 2.74. The summed E-state index contributed by atoms with van der Waals surface area (Å²) < 4.78 is 0. The summed E-state index contributed by atoms with van der Waals surface area (Å²) in [6.07, 6.45) is 17.6. The number of hydrogen-bond acceptors (Lipinski definition) is 1. The first-order valence-corrected chi connectivity index (χ1v) is 14.2. The molecule has 2 nitrogen and oxygen atoms in total. The van der Waals surface area contributed by atoms with E-state index in [4.69, 9.17) is 0 Å². The van der Waals surface area contributed by atoms with E-state index in [-0.39, 0.29) is 5.91 Å². The Labute approximate surface area is 207 Å². The third kappa shape index (κ3) is 2.89. The van der Waals surface area contributed by atoms with Gasteiger partial charge in [-0.3, -0.25) is 4.79 Å². The molecule has 8 bridgehead atoms. The first-order valence-electron chi connectivity index (χ1n) is 14.2. The molecule has 0 heterocycles. The molecule has 0 spiro atoms. The molecule has 1 aromatic rings. The van der Waals surface area contributed by atoms with Crippen molar-refractivity contribution in [2.45, 2.75) is 117 Å². The maximum atomic E-state index is 11.6. The molecule has 8 aliphatic carbocycles. The fraction of sp³-hybridized carbons (Fsp3) is 0.781. The minimum atomic E-state index is 0.0188. The molecule has 8 saturated carbocycles. The second-order valence-corrected chi connectivity index (χ2v) is 16.4. The van der Waals surface area contributed by atoms with Gasteiger partial charge in [-0.2, -0.15) is 0 Å². The van der Waals surface area contributed by atoms with Crippen LogP contribution in [-0.4, -0.2) is 5.91 Å². The lowest BCUT2D eigenvalue weighted by atomic mass is 9.26. The van der Waals surface area contributed by atoms with Crippen LogP contribution in [0.1, 0.15) is 117 Å². The Morgan fingerprint density at radius 2 is 1.21 bits per heavy atom. The molecule has 8 aliphatic rings. The Balaban J connectivity index is 1.34. The summed E-state index contributed by atoms with van der Waals surface area (Å²) in [6, 6.07) is 9.08. The molecule has 0 radical (unpaired) electrons. The quantitative estimate of drug-likeness (QED) is 0.484. The summed E-state index contributed by atoms with van der Waals surface area (Å²) >= 11 is 0. The van der Waals surface area contributed by atoms with Crippen LogP contribution in [0.4, 0.5) is 5.69 Å². The first-order chi connectivity index (χ1) is 15.8. The fourth-order valence-corrected chi connectivity index (χ4v) is 13.7. The number of hydrogen-bond donors (Lipinski definition) is 1. The molecule has 34 heavy (non-hydrogen) atoms. The van der Waals surface area contributed by atoms with Crippen molar-refractivity contribution in [2.24, 2.45) is 38.4 Å². The number of amides is 1. The minimum absolute atomic E-state index is 0.0188. The third-order valence-electron chi connectivity index (χ3n) is 12.2. The largest absolute Gasteiger partial charge is 0.326 e. The molecular formula is C32H45NO. The average Bonchev–Trinajstić information content (AvgIpc) is 2.62. The predicted molar refractivity (Wildman–Crippen MR) is 139 cm³/mol. The van der Waals surface area contributed by atoms with Gasteiger partial charge in [0.25, 0.3) is 0 Å².